The van der Waals surface area contributed by atoms with Crippen LogP contribution in [0.3, 0.4) is 0 Å². The number of hydrogen-bond acceptors (Lipinski definition) is 21. The van der Waals surface area contributed by atoms with Gasteiger partial charge >= 0.3 is 0 Å². The first-order valence-corrected chi connectivity index (χ1v) is 33.8. The Morgan fingerprint density at radius 1 is 0.433 bits per heavy atom. The van der Waals surface area contributed by atoms with E-state index in [2.05, 4.69) is 49.5 Å². The van der Waals surface area contributed by atoms with Crippen LogP contribution >= 0.6 is 0 Å². The number of nitrogens with one attached hydrogen (secondary N) is 8. The zero-order valence-electron chi connectivity index (χ0n) is 61.4. The van der Waals surface area contributed by atoms with E-state index in [0.717, 1.165) is 6.42 Å². The summed E-state index contributed by atoms with van der Waals surface area (Å²) in [5.41, 5.74) is -3.01. The fourth-order valence-electron chi connectivity index (χ4n) is 12.1. The Kier molecular flexibility index (Phi) is 44.7. The van der Waals surface area contributed by atoms with Gasteiger partial charge in [0, 0.05) is 120 Å². The first-order chi connectivity index (χ1) is 45.2. The number of rotatable bonds is 56. The molecule has 8 amide bonds. The summed E-state index contributed by atoms with van der Waals surface area (Å²) in [7, 11) is 5.59. The van der Waals surface area contributed by atoms with E-state index < -0.39 is 101 Å². The van der Waals surface area contributed by atoms with Gasteiger partial charge in [0.1, 0.15) is 36.4 Å². The van der Waals surface area contributed by atoms with Crippen LogP contribution in [0.1, 0.15) is 180 Å². The maximum Gasteiger partial charge on any atom is 0.220 e. The summed E-state index contributed by atoms with van der Waals surface area (Å²) in [6, 6.07) is -3.53. The summed E-state index contributed by atoms with van der Waals surface area (Å²) in [5, 5.41) is 53.5. The number of aliphatic hydroxyl groups is 3. The van der Waals surface area contributed by atoms with E-state index in [0.29, 0.717) is 38.3 Å². The van der Waals surface area contributed by atoms with Gasteiger partial charge in [-0.2, -0.15) is 0 Å². The highest BCUT2D eigenvalue weighted by atomic mass is 16.7. The van der Waals surface area contributed by atoms with Crippen molar-refractivity contribution in [2.75, 3.05) is 81.0 Å². The molecule has 29 heteroatoms. The van der Waals surface area contributed by atoms with Gasteiger partial charge < -0.3 is 105 Å². The lowest BCUT2D eigenvalue weighted by molar-refractivity contribution is -0.178. The van der Waals surface area contributed by atoms with Crippen molar-refractivity contribution in [3.05, 3.63) is 0 Å². The molecule has 0 saturated carbocycles. The number of aliphatic hydroxyl groups excluding tert-OH is 3. The zero-order chi connectivity index (χ0) is 74.3. The molecule has 562 valence electrons. The Balaban J connectivity index is 6.97. The molecule has 0 heterocycles. The van der Waals surface area contributed by atoms with Gasteiger partial charge in [0.25, 0.3) is 0 Å². The van der Waals surface area contributed by atoms with E-state index in [9.17, 15) is 68.1 Å². The lowest BCUT2D eigenvalue weighted by Gasteiger charge is -2.37. The van der Waals surface area contributed by atoms with Crippen molar-refractivity contribution in [2.24, 2.45) is 45.8 Å². The third kappa shape index (κ3) is 40.9. The highest BCUT2D eigenvalue weighted by molar-refractivity contribution is 5.81. The number of carbonyl (C=O) groups is 11. The molecule has 29 nitrogen and oxygen atoms in total. The summed E-state index contributed by atoms with van der Waals surface area (Å²) in [6.07, 6.45) is -5.40. The highest BCUT2D eigenvalue weighted by Crippen LogP contribution is 2.35. The van der Waals surface area contributed by atoms with Gasteiger partial charge in [-0.05, 0) is 97.2 Å². The second-order valence-corrected chi connectivity index (χ2v) is 29.0. The fraction of sp³-hybridized carbons (Fsp3) is 0.838. The van der Waals surface area contributed by atoms with Gasteiger partial charge in [-0.1, -0.05) is 76.2 Å². The molecule has 12 unspecified atom stereocenters. The lowest BCUT2D eigenvalue weighted by Crippen LogP contribution is -2.53. The van der Waals surface area contributed by atoms with Crippen molar-refractivity contribution in [1.82, 2.24) is 42.5 Å². The van der Waals surface area contributed by atoms with Gasteiger partial charge in [0.15, 0.2) is 37.7 Å². The molecule has 0 saturated heterocycles. The van der Waals surface area contributed by atoms with Gasteiger partial charge in [0.05, 0.1) is 19.8 Å². The number of ether oxygens (including phenoxy) is 7. The molecular formula is C68H124N8O21. The molecule has 0 aliphatic rings. The van der Waals surface area contributed by atoms with Crippen LogP contribution in [0.15, 0.2) is 0 Å². The van der Waals surface area contributed by atoms with E-state index >= 15 is 0 Å². The van der Waals surface area contributed by atoms with Crippen LogP contribution in [0.5, 0.6) is 0 Å². The highest BCUT2D eigenvalue weighted by Gasteiger charge is 2.38. The van der Waals surface area contributed by atoms with Crippen molar-refractivity contribution >= 4 is 66.1 Å². The van der Waals surface area contributed by atoms with Gasteiger partial charge in [0.2, 0.25) is 47.3 Å². The molecule has 0 fully saturated rings. The third-order valence-corrected chi connectivity index (χ3v) is 16.4. The standard InChI is InChI=1S/C68H124N8O21/c1-43(28-45(3)37-91-15)31-69-54(86)20-19-21-58(90)76-68(25-22-55(87)70-32-44(2)29-46(4)38-95-62(92-16)59(51(83)34-77)73-48(6)80,26-23-56(88)71-33-47(5)30-65(9,10)41-96-63(93-17)60(52(84)35-78)74-49(7)81)27-24-57(89)72-40-66(11,12)39-67(13,14)42-97-64(94-18)61(53(85)36-79)75-50(8)82/h34-36,43-47,51-53,59-64,83-85H,19-33,37-42H2,1-18H3,(H,69,86)(H,70,87)(H,71,88)(H,72,89)(H,73,80)(H,74,81)(H,75,82)(H,76,90)/t43?,44?,45?,46?,47?,51-,52-,53-,59?,60?,61?,62?,63?,64?,68?/m1/s1. The molecule has 15 atom stereocenters. The van der Waals surface area contributed by atoms with Crippen molar-refractivity contribution in [2.45, 2.75) is 241 Å². The maximum atomic E-state index is 14.3. The number of aldehydes is 3. The quantitative estimate of drug-likeness (QED) is 0.0308. The SMILES string of the molecule is COCC(C)CC(C)CNC(=O)CCCC(=O)NC(CCC(=O)NCC(C)CC(C)COC(OC)C(NC(C)=O)[C@H](O)C=O)(CCC(=O)NCC(C)CC(C)(C)COC(OC)C(NC(C)=O)[C@H](O)C=O)CCC(=O)NCC(C)(C)CC(C)(C)COC(OC)C(NC(C)=O)[C@H](O)C=O. The second kappa shape index (κ2) is 47.4. The molecule has 0 spiro atoms. The summed E-state index contributed by atoms with van der Waals surface area (Å²) >= 11 is 0. The molecule has 11 N–H and O–H groups in total. The molecule has 0 aliphatic heterocycles. The Bertz CT molecular complexity index is 2390. The summed E-state index contributed by atoms with van der Waals surface area (Å²) in [5.74, 6) is -3.22. The van der Waals surface area contributed by atoms with Gasteiger partial charge in [-0.15, -0.1) is 0 Å². The average molecular weight is 1390 g/mol. The molecule has 0 rings (SSSR count). The summed E-state index contributed by atoms with van der Waals surface area (Å²) in [4.78, 5) is 140. The molecule has 0 aliphatic carbocycles. The van der Waals surface area contributed by atoms with Crippen molar-refractivity contribution in [3.63, 3.8) is 0 Å². The van der Waals surface area contributed by atoms with Crippen LogP contribution < -0.4 is 42.5 Å². The first kappa shape index (κ1) is 91.4. The Hall–Kier alpha value is -5.63. The Morgan fingerprint density at radius 3 is 1.16 bits per heavy atom. The van der Waals surface area contributed by atoms with E-state index in [1.165, 1.54) is 42.1 Å². The maximum absolute atomic E-state index is 14.3. The van der Waals surface area contributed by atoms with Gasteiger partial charge in [-0.3, -0.25) is 38.4 Å². The smallest absolute Gasteiger partial charge is 0.220 e. The van der Waals surface area contributed by atoms with Crippen molar-refractivity contribution < 1.29 is 101 Å². The summed E-state index contributed by atoms with van der Waals surface area (Å²) < 4.78 is 39.4. The minimum absolute atomic E-state index is 0.00130. The normalized spacial score (nSPS) is 17.0. The van der Waals surface area contributed by atoms with E-state index in [4.69, 9.17) is 33.2 Å². The minimum atomic E-state index is -1.61. The second-order valence-electron chi connectivity index (χ2n) is 29.0. The number of amides is 8. The zero-order valence-corrected chi connectivity index (χ0v) is 61.4. The molecular weight excluding hydrogens is 1260 g/mol. The number of hydrogen-bond donors (Lipinski definition) is 11. The molecule has 0 aromatic rings. The minimum Gasteiger partial charge on any atom is -0.384 e. The van der Waals surface area contributed by atoms with Crippen LogP contribution in [-0.2, 0) is 85.9 Å². The van der Waals surface area contributed by atoms with Crippen LogP contribution in [0, 0.1) is 45.8 Å². The number of carbonyl (C=O) groups excluding carboxylic acids is 11. The molecule has 0 radical (unpaired) electrons. The third-order valence-electron chi connectivity index (χ3n) is 16.4. The average Bonchev–Trinajstić information content (AvgIpc) is 0.891. The number of methoxy groups -OCH3 is 4. The summed E-state index contributed by atoms with van der Waals surface area (Å²) in [6.45, 7) is 27.1. The van der Waals surface area contributed by atoms with Crippen LogP contribution in [0.25, 0.3) is 0 Å². The predicted octanol–water partition coefficient (Wildman–Crippen LogP) is 2.44. The van der Waals surface area contributed by atoms with E-state index in [1.54, 1.807) is 7.11 Å². The van der Waals surface area contributed by atoms with Crippen molar-refractivity contribution in [1.29, 1.82) is 0 Å². The molecule has 97 heavy (non-hydrogen) atoms. The molecule has 0 bridgehead atoms. The largest absolute Gasteiger partial charge is 0.384 e. The van der Waals surface area contributed by atoms with Crippen LogP contribution in [-0.4, -0.2) is 223 Å². The monoisotopic (exact) mass is 1390 g/mol. The van der Waals surface area contributed by atoms with Gasteiger partial charge in [-0.25, -0.2) is 0 Å². The molecule has 0 aromatic carbocycles. The predicted molar refractivity (Wildman–Crippen MR) is 361 cm³/mol. The first-order valence-electron chi connectivity index (χ1n) is 33.8. The molecule has 0 aromatic heterocycles. The Morgan fingerprint density at radius 2 is 0.784 bits per heavy atom. The van der Waals surface area contributed by atoms with E-state index in [-0.39, 0.29) is 163 Å². The van der Waals surface area contributed by atoms with Crippen molar-refractivity contribution in [3.8, 4) is 0 Å². The van der Waals surface area contributed by atoms with E-state index in [1.807, 2.05) is 69.2 Å². The van der Waals surface area contributed by atoms with Crippen LogP contribution in [0.4, 0.5) is 0 Å². The fourth-order valence-corrected chi connectivity index (χ4v) is 12.1. The topological polar surface area (TPSA) is 409 Å². The Labute approximate surface area is 576 Å². The lowest BCUT2D eigenvalue weighted by atomic mass is 9.75. The van der Waals surface area contributed by atoms with Crippen LogP contribution in [0.2, 0.25) is 0 Å².